The predicted octanol–water partition coefficient (Wildman–Crippen LogP) is 5.09. The van der Waals surface area contributed by atoms with Crippen LogP contribution in [0, 0.1) is 0 Å². The molecule has 1 aliphatic rings. The number of benzene rings is 3. The van der Waals surface area contributed by atoms with Gasteiger partial charge < -0.3 is 10.2 Å². The molecule has 4 rings (SSSR count). The van der Waals surface area contributed by atoms with Crippen molar-refractivity contribution < 1.29 is 9.59 Å². The first kappa shape index (κ1) is 21.5. The summed E-state index contributed by atoms with van der Waals surface area (Å²) < 4.78 is 0. The van der Waals surface area contributed by atoms with Gasteiger partial charge in [0.25, 0.3) is 5.91 Å². The lowest BCUT2D eigenvalue weighted by Gasteiger charge is -2.24. The van der Waals surface area contributed by atoms with E-state index in [0.29, 0.717) is 29.4 Å². The molecule has 4 nitrogen and oxygen atoms in total. The van der Waals surface area contributed by atoms with E-state index in [0.717, 1.165) is 17.5 Å². The summed E-state index contributed by atoms with van der Waals surface area (Å²) in [5.41, 5.74) is 3.88. The van der Waals surface area contributed by atoms with Crippen molar-refractivity contribution in [3.05, 3.63) is 106 Å². The zero-order valence-electron chi connectivity index (χ0n) is 17.0. The Morgan fingerprint density at radius 1 is 0.968 bits per heavy atom. The number of rotatable bonds is 7. The van der Waals surface area contributed by atoms with E-state index < -0.39 is 0 Å². The molecule has 1 saturated heterocycles. The smallest absolute Gasteiger partial charge is 0.251 e. The van der Waals surface area contributed by atoms with Crippen LogP contribution in [0.15, 0.2) is 78.9 Å². The Labute approximate surface area is 191 Å². The predicted molar refractivity (Wildman–Crippen MR) is 126 cm³/mol. The Morgan fingerprint density at radius 2 is 1.68 bits per heavy atom. The molecule has 2 amide bonds. The van der Waals surface area contributed by atoms with E-state index in [9.17, 15) is 9.59 Å². The normalized spacial score (nSPS) is 15.8. The number of amides is 2. The fourth-order valence-corrected chi connectivity index (χ4v) is 4.87. The molecule has 3 aromatic carbocycles. The van der Waals surface area contributed by atoms with Crippen LogP contribution in [0.4, 0.5) is 0 Å². The molecule has 3 aromatic rings. The van der Waals surface area contributed by atoms with Gasteiger partial charge in [0, 0.05) is 23.7 Å². The second kappa shape index (κ2) is 10.0. The third kappa shape index (κ3) is 5.49. The van der Waals surface area contributed by atoms with Gasteiger partial charge in [-0.15, -0.1) is 11.8 Å². The number of thioether (sulfide) groups is 1. The summed E-state index contributed by atoms with van der Waals surface area (Å²) >= 11 is 7.58. The Balaban J connectivity index is 1.37. The van der Waals surface area contributed by atoms with Crippen molar-refractivity contribution >= 4 is 35.2 Å². The lowest BCUT2D eigenvalue weighted by atomic mass is 10.1. The van der Waals surface area contributed by atoms with Crippen LogP contribution >= 0.6 is 23.4 Å². The minimum atomic E-state index is -0.0874. The molecule has 31 heavy (non-hydrogen) atoms. The Morgan fingerprint density at radius 3 is 2.39 bits per heavy atom. The number of hydrogen-bond acceptors (Lipinski definition) is 3. The molecule has 1 atom stereocenters. The topological polar surface area (TPSA) is 49.4 Å². The fourth-order valence-electron chi connectivity index (χ4n) is 3.55. The van der Waals surface area contributed by atoms with Crippen LogP contribution in [0.25, 0.3) is 0 Å². The molecule has 0 aromatic heterocycles. The highest BCUT2D eigenvalue weighted by Crippen LogP contribution is 2.39. The van der Waals surface area contributed by atoms with Crippen LogP contribution in [-0.2, 0) is 17.8 Å². The van der Waals surface area contributed by atoms with Crippen LogP contribution in [-0.4, -0.2) is 29.0 Å². The summed E-state index contributed by atoms with van der Waals surface area (Å²) in [6.07, 6.45) is 0.797. The largest absolute Gasteiger partial charge is 0.352 e. The van der Waals surface area contributed by atoms with Gasteiger partial charge in [-0.3, -0.25) is 9.59 Å². The maximum atomic E-state index is 12.5. The minimum Gasteiger partial charge on any atom is -0.352 e. The van der Waals surface area contributed by atoms with Gasteiger partial charge in [-0.2, -0.15) is 0 Å². The molecular formula is C25H23ClN2O2S. The molecule has 1 aliphatic heterocycles. The Bertz CT molecular complexity index is 1040. The average Bonchev–Trinajstić information content (AvgIpc) is 3.16. The third-order valence-electron chi connectivity index (χ3n) is 5.23. The van der Waals surface area contributed by atoms with Gasteiger partial charge >= 0.3 is 0 Å². The molecule has 0 saturated carbocycles. The molecule has 1 heterocycles. The molecule has 0 spiro atoms. The summed E-state index contributed by atoms with van der Waals surface area (Å²) in [6, 6.07) is 25.2. The molecule has 1 fully saturated rings. The van der Waals surface area contributed by atoms with E-state index >= 15 is 0 Å². The molecule has 0 unspecified atom stereocenters. The molecule has 0 bridgehead atoms. The zero-order valence-corrected chi connectivity index (χ0v) is 18.5. The number of carbonyl (C=O) groups excluding carboxylic acids is 2. The molecule has 6 heteroatoms. The highest BCUT2D eigenvalue weighted by Gasteiger charge is 2.32. The van der Waals surface area contributed by atoms with E-state index in [1.165, 1.54) is 5.56 Å². The number of carbonyl (C=O) groups is 2. The van der Waals surface area contributed by atoms with Gasteiger partial charge in [0.2, 0.25) is 5.91 Å². The van der Waals surface area contributed by atoms with Crippen molar-refractivity contribution in [2.75, 3.05) is 12.3 Å². The highest BCUT2D eigenvalue weighted by molar-refractivity contribution is 8.00. The Kier molecular flexibility index (Phi) is 6.95. The van der Waals surface area contributed by atoms with Crippen molar-refractivity contribution in [1.82, 2.24) is 10.2 Å². The molecule has 158 valence electrons. The van der Waals surface area contributed by atoms with Gasteiger partial charge in [0.05, 0.1) is 5.75 Å². The van der Waals surface area contributed by atoms with Gasteiger partial charge in [-0.1, -0.05) is 66.2 Å². The first-order valence-electron chi connectivity index (χ1n) is 10.2. The van der Waals surface area contributed by atoms with Crippen molar-refractivity contribution in [3.63, 3.8) is 0 Å². The van der Waals surface area contributed by atoms with Crippen molar-refractivity contribution in [1.29, 1.82) is 0 Å². The van der Waals surface area contributed by atoms with Gasteiger partial charge in [0.1, 0.15) is 5.37 Å². The van der Waals surface area contributed by atoms with Crippen LogP contribution in [0.5, 0.6) is 0 Å². The van der Waals surface area contributed by atoms with E-state index in [2.05, 4.69) is 17.4 Å². The van der Waals surface area contributed by atoms with Crippen molar-refractivity contribution in [3.8, 4) is 0 Å². The van der Waals surface area contributed by atoms with Gasteiger partial charge in [-0.05, 0) is 47.4 Å². The second-order valence-corrected chi connectivity index (χ2v) is 8.93. The van der Waals surface area contributed by atoms with Crippen LogP contribution in [0.3, 0.4) is 0 Å². The fraction of sp³-hybridized carbons (Fsp3) is 0.200. The number of nitrogens with zero attached hydrogens (tertiary/aromatic N) is 1. The average molecular weight is 451 g/mol. The quantitative estimate of drug-likeness (QED) is 0.545. The molecule has 0 aliphatic carbocycles. The third-order valence-corrected chi connectivity index (χ3v) is 6.74. The number of halogens is 1. The lowest BCUT2D eigenvalue weighted by Crippen LogP contribution is -2.28. The summed E-state index contributed by atoms with van der Waals surface area (Å²) in [5, 5.41) is 3.59. The van der Waals surface area contributed by atoms with Crippen LogP contribution < -0.4 is 5.32 Å². The van der Waals surface area contributed by atoms with Crippen molar-refractivity contribution in [2.45, 2.75) is 18.3 Å². The first-order chi connectivity index (χ1) is 15.1. The summed E-state index contributed by atoms with van der Waals surface area (Å²) in [7, 11) is 0. The summed E-state index contributed by atoms with van der Waals surface area (Å²) in [5.74, 6) is 0.489. The first-order valence-corrected chi connectivity index (χ1v) is 11.6. The SMILES string of the molecule is O=C(NCCc1ccccc1)c1ccc([C@@H]2SCC(=O)N2Cc2ccc(Cl)cc2)cc1. The summed E-state index contributed by atoms with van der Waals surface area (Å²) in [6.45, 7) is 1.13. The highest BCUT2D eigenvalue weighted by atomic mass is 35.5. The maximum absolute atomic E-state index is 12.5. The van der Waals surface area contributed by atoms with Crippen molar-refractivity contribution in [2.24, 2.45) is 0 Å². The number of nitrogens with one attached hydrogen (secondary N) is 1. The van der Waals surface area contributed by atoms with Crippen LogP contribution in [0.2, 0.25) is 5.02 Å². The lowest BCUT2D eigenvalue weighted by molar-refractivity contribution is -0.128. The molecule has 0 radical (unpaired) electrons. The Hall–Kier alpha value is -2.76. The number of hydrogen-bond donors (Lipinski definition) is 1. The van der Waals surface area contributed by atoms with E-state index in [1.807, 2.05) is 71.6 Å². The zero-order chi connectivity index (χ0) is 21.6. The van der Waals surface area contributed by atoms with E-state index in [4.69, 9.17) is 11.6 Å². The standard InChI is InChI=1S/C25H23ClN2O2S/c26-22-12-6-19(7-13-22)16-28-23(29)17-31-25(28)21-10-8-20(9-11-21)24(30)27-15-14-18-4-2-1-3-5-18/h1-13,25H,14-17H2,(H,27,30)/t25-/m0/s1. The van der Waals surface area contributed by atoms with E-state index in [-0.39, 0.29) is 17.2 Å². The molecular weight excluding hydrogens is 428 g/mol. The van der Waals surface area contributed by atoms with Gasteiger partial charge in [0.15, 0.2) is 0 Å². The molecule has 1 N–H and O–H groups in total. The maximum Gasteiger partial charge on any atom is 0.251 e. The van der Waals surface area contributed by atoms with Crippen LogP contribution in [0.1, 0.15) is 32.4 Å². The minimum absolute atomic E-state index is 0.0571. The second-order valence-electron chi connectivity index (χ2n) is 7.42. The van der Waals surface area contributed by atoms with E-state index in [1.54, 1.807) is 11.8 Å². The monoisotopic (exact) mass is 450 g/mol. The van der Waals surface area contributed by atoms with Gasteiger partial charge in [-0.25, -0.2) is 0 Å². The summed E-state index contributed by atoms with van der Waals surface area (Å²) in [4.78, 5) is 26.8.